The molecule has 0 spiro atoms. The molecule has 0 saturated heterocycles. The maximum atomic E-state index is 14.8. The highest BCUT2D eigenvalue weighted by Crippen LogP contribution is 2.65. The molecule has 0 bridgehead atoms. The minimum Gasteiger partial charge on any atom is -0.244 e. The van der Waals surface area contributed by atoms with Gasteiger partial charge in [0.05, 0.1) is 22.4 Å². The summed E-state index contributed by atoms with van der Waals surface area (Å²) in [6.45, 7) is 0. The molecule has 1 aromatic heterocycles. The summed E-state index contributed by atoms with van der Waals surface area (Å²) < 4.78 is 233. The Morgan fingerprint density at radius 2 is 0.681 bits per heavy atom. The zero-order valence-electron chi connectivity index (χ0n) is 22.3. The Morgan fingerprint density at radius 1 is 0.340 bits per heavy atom. The van der Waals surface area contributed by atoms with Crippen molar-refractivity contribution >= 4 is 11.0 Å². The number of rotatable bonds is 9. The zero-order valence-corrected chi connectivity index (χ0v) is 22.3. The fraction of sp³-hybridized carbons (Fsp3) is 0.286. The van der Waals surface area contributed by atoms with E-state index in [1.807, 2.05) is 0 Å². The molecule has 4 aromatic rings. The molecule has 0 amide bonds. The lowest BCUT2D eigenvalue weighted by Gasteiger charge is -2.42. The van der Waals surface area contributed by atoms with Crippen LogP contribution in [0, 0.1) is 0 Å². The van der Waals surface area contributed by atoms with E-state index in [4.69, 9.17) is 0 Å². The van der Waals surface area contributed by atoms with Crippen molar-refractivity contribution in [3.05, 3.63) is 84.4 Å². The van der Waals surface area contributed by atoms with Gasteiger partial charge in [0.2, 0.25) is 0 Å². The van der Waals surface area contributed by atoms with Crippen LogP contribution in [0.2, 0.25) is 0 Å². The van der Waals surface area contributed by atoms with Gasteiger partial charge in [-0.3, -0.25) is 0 Å². The van der Waals surface area contributed by atoms with E-state index in [1.54, 1.807) is 24.3 Å². The monoisotopic (exact) mass is 700 g/mol. The van der Waals surface area contributed by atoms with Gasteiger partial charge >= 0.3 is 47.6 Å². The Hall–Kier alpha value is -4.19. The molecule has 4 rings (SSSR count). The Bertz CT molecular complexity index is 1750. The molecule has 3 aromatic carbocycles. The van der Waals surface area contributed by atoms with Gasteiger partial charge in [-0.2, -0.15) is 74.6 Å². The third-order valence-corrected chi connectivity index (χ3v) is 6.86. The molecule has 0 N–H and O–H groups in total. The van der Waals surface area contributed by atoms with Crippen LogP contribution in [-0.4, -0.2) is 51.7 Å². The quantitative estimate of drug-likeness (QED) is 0.163. The van der Waals surface area contributed by atoms with Crippen molar-refractivity contribution in [1.29, 1.82) is 0 Å². The number of hydrogen-bond acceptors (Lipinski definition) is 2. The van der Waals surface area contributed by atoms with Crippen molar-refractivity contribution in [3.8, 4) is 22.5 Å². The first-order chi connectivity index (χ1) is 21.3. The molecule has 0 aliphatic carbocycles. The summed E-state index contributed by atoms with van der Waals surface area (Å²) >= 11 is 0. The normalized spacial score (nSPS) is 14.5. The maximum absolute atomic E-state index is 14.8. The molecule has 19 heteroatoms. The van der Waals surface area contributed by atoms with Crippen molar-refractivity contribution in [1.82, 2.24) is 9.97 Å². The first-order valence-corrected chi connectivity index (χ1v) is 12.4. The van der Waals surface area contributed by atoms with Crippen molar-refractivity contribution in [2.75, 3.05) is 0 Å². The second-order valence-corrected chi connectivity index (χ2v) is 9.87. The van der Waals surface area contributed by atoms with Crippen LogP contribution < -0.4 is 0 Å². The first kappa shape index (κ1) is 35.7. The van der Waals surface area contributed by atoms with Crippen molar-refractivity contribution in [2.45, 2.75) is 47.6 Å². The molecule has 2 nitrogen and oxygen atoms in total. The van der Waals surface area contributed by atoms with Crippen LogP contribution in [0.1, 0.15) is 5.56 Å². The van der Waals surface area contributed by atoms with E-state index >= 15 is 0 Å². The lowest BCUT2D eigenvalue weighted by atomic mass is 9.87. The second-order valence-electron chi connectivity index (χ2n) is 9.87. The van der Waals surface area contributed by atoms with E-state index in [9.17, 15) is 74.6 Å². The Balaban J connectivity index is 1.78. The topological polar surface area (TPSA) is 25.8 Å². The van der Waals surface area contributed by atoms with Crippen LogP contribution in [0.4, 0.5) is 74.6 Å². The summed E-state index contributed by atoms with van der Waals surface area (Å²) in [5.74, 6) is -57.0. The number of alkyl halides is 17. The van der Waals surface area contributed by atoms with Gasteiger partial charge < -0.3 is 0 Å². The molecule has 47 heavy (non-hydrogen) atoms. The molecule has 1 heterocycles. The van der Waals surface area contributed by atoms with Crippen molar-refractivity contribution in [2.24, 2.45) is 0 Å². The predicted octanol–water partition coefficient (Wildman–Crippen LogP) is 10.4. The van der Waals surface area contributed by atoms with Gasteiger partial charge in [-0.15, -0.1) is 0 Å². The minimum atomic E-state index is -8.69. The highest BCUT2D eigenvalue weighted by Gasteiger charge is 2.95. The van der Waals surface area contributed by atoms with Gasteiger partial charge in [0, 0.05) is 16.7 Å². The molecule has 0 aliphatic rings. The zero-order chi connectivity index (χ0) is 35.6. The average molecular weight is 700 g/mol. The van der Waals surface area contributed by atoms with Crippen LogP contribution in [0.3, 0.4) is 0 Å². The largest absolute Gasteiger partial charge is 0.460 e. The second kappa shape index (κ2) is 10.9. The smallest absolute Gasteiger partial charge is 0.244 e. The van der Waals surface area contributed by atoms with Gasteiger partial charge in [0.15, 0.2) is 0 Å². The molecule has 254 valence electrons. The lowest BCUT2D eigenvalue weighted by Crippen LogP contribution is -2.74. The fourth-order valence-corrected chi connectivity index (χ4v) is 4.18. The van der Waals surface area contributed by atoms with Gasteiger partial charge in [-0.25, -0.2) is 9.97 Å². The summed E-state index contributed by atoms with van der Waals surface area (Å²) in [6, 6.07) is 14.8. The Labute approximate surface area is 250 Å². The van der Waals surface area contributed by atoms with Gasteiger partial charge in [-0.1, -0.05) is 66.7 Å². The Morgan fingerprint density at radius 3 is 1.09 bits per heavy atom. The lowest BCUT2D eigenvalue weighted by molar-refractivity contribution is -0.462. The van der Waals surface area contributed by atoms with Crippen LogP contribution in [0.5, 0.6) is 0 Å². The molecule has 0 fully saturated rings. The predicted molar refractivity (Wildman–Crippen MR) is 130 cm³/mol. The van der Waals surface area contributed by atoms with E-state index in [2.05, 4.69) is 9.97 Å². The minimum absolute atomic E-state index is 0.0686. The van der Waals surface area contributed by atoms with Gasteiger partial charge in [0.1, 0.15) is 0 Å². The highest BCUT2D eigenvalue weighted by molar-refractivity contribution is 5.86. The summed E-state index contributed by atoms with van der Waals surface area (Å²) in [4.78, 5) is 8.71. The number of hydrogen-bond donors (Lipinski definition) is 0. The number of halogens is 17. The molecule has 0 saturated carbocycles. The van der Waals surface area contributed by atoms with Crippen LogP contribution >= 0.6 is 0 Å². The van der Waals surface area contributed by atoms with E-state index in [1.165, 1.54) is 30.3 Å². The van der Waals surface area contributed by atoms with Crippen molar-refractivity contribution in [3.63, 3.8) is 0 Å². The van der Waals surface area contributed by atoms with Gasteiger partial charge in [-0.05, 0) is 12.1 Å². The Kier molecular flexibility index (Phi) is 8.29. The van der Waals surface area contributed by atoms with Crippen LogP contribution in [0.15, 0.2) is 78.9 Å². The molecule has 0 aliphatic heterocycles. The van der Waals surface area contributed by atoms with Crippen LogP contribution in [0.25, 0.3) is 33.5 Å². The number of aromatic nitrogens is 2. The van der Waals surface area contributed by atoms with E-state index in [0.717, 1.165) is 0 Å². The van der Waals surface area contributed by atoms with E-state index < -0.39 is 53.2 Å². The molecular weight excluding hydrogens is 687 g/mol. The number of benzene rings is 3. The summed E-state index contributed by atoms with van der Waals surface area (Å²) in [5, 5.41) is 0. The van der Waals surface area contributed by atoms with E-state index in [0.29, 0.717) is 23.2 Å². The van der Waals surface area contributed by atoms with Gasteiger partial charge in [0.25, 0.3) is 0 Å². The SMILES string of the molecule is FC(F)(F)C(F)(F)C(F)(F)C(F)(F)C(F)(F)C(F)(F)C(F)(F)C(F)(F)c1ccc(-c2nc3ccccc3nc2-c2ccccc2)cc1. The highest BCUT2D eigenvalue weighted by atomic mass is 19.4. The van der Waals surface area contributed by atoms with E-state index in [-0.39, 0.29) is 34.6 Å². The third-order valence-electron chi connectivity index (χ3n) is 6.86. The van der Waals surface area contributed by atoms with Crippen molar-refractivity contribution < 1.29 is 74.6 Å². The molecule has 0 radical (unpaired) electrons. The fourth-order valence-electron chi connectivity index (χ4n) is 4.18. The average Bonchev–Trinajstić information content (AvgIpc) is 2.99. The molecule has 0 unspecified atom stereocenters. The summed E-state index contributed by atoms with van der Waals surface area (Å²) in [6.07, 6.45) is -7.81. The number of para-hydroxylation sites is 2. The molecule has 0 atom stereocenters. The van der Waals surface area contributed by atoms with Crippen LogP contribution in [-0.2, 0) is 5.92 Å². The standard InChI is InChI=1S/C28H13F17N2/c29-21(30,22(31,32)23(33,34)24(35,36)25(37,38)26(39,40)27(41,42)28(43,44)45)16-12-10-15(11-13-16)20-19(14-6-2-1-3-7-14)46-17-8-4-5-9-18(17)47-20/h1-13H. The number of fused-ring (bicyclic) bond motifs is 1. The maximum Gasteiger partial charge on any atom is 0.460 e. The third kappa shape index (κ3) is 5.12. The summed E-state index contributed by atoms with van der Waals surface area (Å²) in [7, 11) is 0. The molecular formula is C28H13F17N2. The summed E-state index contributed by atoms with van der Waals surface area (Å²) in [5.41, 5.74) is -1.71. The number of nitrogens with zero attached hydrogens (tertiary/aromatic N) is 2. The first-order valence-electron chi connectivity index (χ1n) is 12.4.